The molecule has 0 unspecified atom stereocenters. The number of rotatable bonds is 3. The van der Waals surface area contributed by atoms with E-state index < -0.39 is 0 Å². The van der Waals surface area contributed by atoms with E-state index in [0.717, 1.165) is 5.69 Å². The van der Waals surface area contributed by atoms with Gasteiger partial charge in [0.2, 0.25) is 0 Å². The first kappa shape index (κ1) is 7.63. The number of aromatic nitrogens is 2. The van der Waals surface area contributed by atoms with Crippen molar-refractivity contribution < 1.29 is 0 Å². The van der Waals surface area contributed by atoms with Crippen molar-refractivity contribution in [1.82, 2.24) is 9.55 Å². The van der Waals surface area contributed by atoms with Crippen LogP contribution in [0.4, 0.5) is 0 Å². The molecular formula is C6H9N5. The lowest BCUT2D eigenvalue weighted by Gasteiger charge is -1.86. The molecule has 0 saturated carbocycles. The highest BCUT2D eigenvalue weighted by Crippen LogP contribution is 1.95. The number of nitrogens with zero attached hydrogens (tertiary/aromatic N) is 5. The lowest BCUT2D eigenvalue weighted by atomic mass is 10.3. The van der Waals surface area contributed by atoms with Crippen molar-refractivity contribution in [3.05, 3.63) is 28.7 Å². The minimum atomic E-state index is 0.480. The smallest absolute Gasteiger partial charge is 0.0946 e. The summed E-state index contributed by atoms with van der Waals surface area (Å²) in [4.78, 5) is 6.72. The molecule has 0 aliphatic carbocycles. The molecule has 0 atom stereocenters. The normalized spacial score (nSPS) is 9.18. The van der Waals surface area contributed by atoms with Gasteiger partial charge in [0.25, 0.3) is 0 Å². The summed E-state index contributed by atoms with van der Waals surface area (Å²) in [7, 11) is 1.91. The number of imidazole rings is 1. The summed E-state index contributed by atoms with van der Waals surface area (Å²) in [6, 6.07) is 0. The lowest BCUT2D eigenvalue weighted by molar-refractivity contribution is 0.904. The molecule has 0 aromatic carbocycles. The summed E-state index contributed by atoms with van der Waals surface area (Å²) < 4.78 is 1.87. The molecule has 0 saturated heterocycles. The molecule has 1 rings (SSSR count). The Hall–Kier alpha value is -1.48. The minimum Gasteiger partial charge on any atom is -0.340 e. The van der Waals surface area contributed by atoms with Crippen LogP contribution in [0, 0.1) is 0 Å². The van der Waals surface area contributed by atoms with E-state index in [9.17, 15) is 0 Å². The lowest BCUT2D eigenvalue weighted by Crippen LogP contribution is -1.87. The van der Waals surface area contributed by atoms with Gasteiger partial charge in [0.05, 0.1) is 12.0 Å². The van der Waals surface area contributed by atoms with Gasteiger partial charge in [-0.2, -0.15) is 0 Å². The second-order valence-electron chi connectivity index (χ2n) is 2.23. The Morgan fingerprint density at radius 2 is 2.64 bits per heavy atom. The van der Waals surface area contributed by atoms with E-state index in [2.05, 4.69) is 15.0 Å². The third-order valence-electron chi connectivity index (χ3n) is 1.29. The fourth-order valence-corrected chi connectivity index (χ4v) is 0.805. The fraction of sp³-hybridized carbons (Fsp3) is 0.500. The van der Waals surface area contributed by atoms with Crippen LogP contribution in [0.2, 0.25) is 0 Å². The molecule has 58 valence electrons. The van der Waals surface area contributed by atoms with Gasteiger partial charge >= 0.3 is 0 Å². The summed E-state index contributed by atoms with van der Waals surface area (Å²) >= 11 is 0. The molecule has 0 aliphatic rings. The molecule has 0 radical (unpaired) electrons. The Morgan fingerprint density at radius 1 is 1.82 bits per heavy atom. The van der Waals surface area contributed by atoms with Gasteiger partial charge in [-0.15, -0.1) is 0 Å². The molecule has 0 aliphatic heterocycles. The minimum absolute atomic E-state index is 0.480. The van der Waals surface area contributed by atoms with Gasteiger partial charge in [0, 0.05) is 24.7 Å². The van der Waals surface area contributed by atoms with Crippen LogP contribution in [0.1, 0.15) is 5.69 Å². The summed E-state index contributed by atoms with van der Waals surface area (Å²) in [5.41, 5.74) is 8.94. The highest BCUT2D eigenvalue weighted by molar-refractivity contribution is 4.96. The first-order valence-corrected chi connectivity index (χ1v) is 3.30. The van der Waals surface area contributed by atoms with E-state index in [1.807, 2.05) is 17.8 Å². The maximum absolute atomic E-state index is 7.98. The van der Waals surface area contributed by atoms with Crippen LogP contribution < -0.4 is 0 Å². The highest BCUT2D eigenvalue weighted by atomic mass is 15.1. The zero-order valence-corrected chi connectivity index (χ0v) is 6.30. The summed E-state index contributed by atoms with van der Waals surface area (Å²) in [6.07, 6.45) is 4.35. The van der Waals surface area contributed by atoms with E-state index in [0.29, 0.717) is 13.0 Å². The van der Waals surface area contributed by atoms with Crippen LogP contribution in [-0.2, 0) is 13.5 Å². The van der Waals surface area contributed by atoms with Crippen LogP contribution in [-0.4, -0.2) is 16.1 Å². The standard InChI is InChI=1S/C6H9N5/c1-11-4-6(8-5-11)2-3-9-10-7/h4-5H,2-3H2,1H3. The van der Waals surface area contributed by atoms with Gasteiger partial charge in [0.15, 0.2) is 0 Å². The summed E-state index contributed by atoms with van der Waals surface area (Å²) in [5.74, 6) is 0. The van der Waals surface area contributed by atoms with E-state index >= 15 is 0 Å². The van der Waals surface area contributed by atoms with Crippen LogP contribution in [0.5, 0.6) is 0 Å². The molecule has 1 heterocycles. The Morgan fingerprint density at radius 3 is 3.18 bits per heavy atom. The van der Waals surface area contributed by atoms with Crippen LogP contribution in [0.25, 0.3) is 10.4 Å². The molecule has 5 heteroatoms. The van der Waals surface area contributed by atoms with Crippen LogP contribution >= 0.6 is 0 Å². The first-order chi connectivity index (χ1) is 5.33. The molecule has 5 nitrogen and oxygen atoms in total. The largest absolute Gasteiger partial charge is 0.340 e. The van der Waals surface area contributed by atoms with E-state index in [1.54, 1.807) is 6.33 Å². The topological polar surface area (TPSA) is 66.6 Å². The molecule has 1 aromatic heterocycles. The van der Waals surface area contributed by atoms with Gasteiger partial charge in [-0.1, -0.05) is 5.11 Å². The van der Waals surface area contributed by atoms with Crippen LogP contribution in [0.15, 0.2) is 17.6 Å². The number of hydrogen-bond acceptors (Lipinski definition) is 2. The Bertz CT molecular complexity index is 270. The molecular weight excluding hydrogens is 142 g/mol. The number of hydrogen-bond donors (Lipinski definition) is 0. The van der Waals surface area contributed by atoms with Gasteiger partial charge in [-0.05, 0) is 12.0 Å². The zero-order chi connectivity index (χ0) is 8.10. The third kappa shape index (κ3) is 2.31. The quantitative estimate of drug-likeness (QED) is 0.364. The first-order valence-electron chi connectivity index (χ1n) is 3.30. The van der Waals surface area contributed by atoms with Crippen molar-refractivity contribution in [3.63, 3.8) is 0 Å². The Labute approximate surface area is 64.3 Å². The predicted molar refractivity (Wildman–Crippen MR) is 40.9 cm³/mol. The second kappa shape index (κ2) is 3.63. The molecule has 0 N–H and O–H groups in total. The second-order valence-corrected chi connectivity index (χ2v) is 2.23. The Balaban J connectivity index is 2.44. The Kier molecular flexibility index (Phi) is 2.52. The zero-order valence-electron chi connectivity index (χ0n) is 6.30. The maximum atomic E-state index is 7.98. The summed E-state index contributed by atoms with van der Waals surface area (Å²) in [6.45, 7) is 0.480. The molecule has 0 spiro atoms. The van der Waals surface area contributed by atoms with Crippen molar-refractivity contribution in [2.24, 2.45) is 12.2 Å². The van der Waals surface area contributed by atoms with Crippen molar-refractivity contribution in [2.75, 3.05) is 6.54 Å². The van der Waals surface area contributed by atoms with Crippen molar-refractivity contribution in [2.45, 2.75) is 6.42 Å². The molecule has 11 heavy (non-hydrogen) atoms. The monoisotopic (exact) mass is 151 g/mol. The number of aryl methyl sites for hydroxylation is 1. The van der Waals surface area contributed by atoms with Gasteiger partial charge < -0.3 is 4.57 Å². The number of azide groups is 1. The van der Waals surface area contributed by atoms with Gasteiger partial charge in [-0.25, -0.2) is 4.98 Å². The summed E-state index contributed by atoms with van der Waals surface area (Å²) in [5, 5.41) is 3.41. The van der Waals surface area contributed by atoms with E-state index in [1.165, 1.54) is 0 Å². The predicted octanol–water partition coefficient (Wildman–Crippen LogP) is 1.27. The van der Waals surface area contributed by atoms with Crippen molar-refractivity contribution >= 4 is 0 Å². The van der Waals surface area contributed by atoms with Crippen molar-refractivity contribution in [3.8, 4) is 0 Å². The molecule has 0 amide bonds. The fourth-order valence-electron chi connectivity index (χ4n) is 0.805. The molecule has 0 fully saturated rings. The third-order valence-corrected chi connectivity index (χ3v) is 1.29. The van der Waals surface area contributed by atoms with Gasteiger partial charge in [0.1, 0.15) is 0 Å². The SMILES string of the molecule is Cn1cnc(CCN=[N+]=[N-])c1. The molecule has 0 bridgehead atoms. The van der Waals surface area contributed by atoms with E-state index in [4.69, 9.17) is 5.53 Å². The van der Waals surface area contributed by atoms with Gasteiger partial charge in [-0.3, -0.25) is 0 Å². The molecule has 1 aromatic rings. The van der Waals surface area contributed by atoms with E-state index in [-0.39, 0.29) is 0 Å². The van der Waals surface area contributed by atoms with Crippen molar-refractivity contribution in [1.29, 1.82) is 0 Å². The van der Waals surface area contributed by atoms with Crippen LogP contribution in [0.3, 0.4) is 0 Å². The average Bonchev–Trinajstić information content (AvgIpc) is 2.37. The average molecular weight is 151 g/mol. The highest BCUT2D eigenvalue weighted by Gasteiger charge is 1.93. The maximum Gasteiger partial charge on any atom is 0.0946 e.